The van der Waals surface area contributed by atoms with Gasteiger partial charge in [-0.3, -0.25) is 14.5 Å². The van der Waals surface area contributed by atoms with E-state index in [1.165, 1.54) is 4.90 Å². The second kappa shape index (κ2) is 4.32. The molecule has 1 heterocycles. The van der Waals surface area contributed by atoms with Crippen LogP contribution in [0, 0.1) is 0 Å². The van der Waals surface area contributed by atoms with Gasteiger partial charge < -0.3 is 0 Å². The van der Waals surface area contributed by atoms with E-state index in [9.17, 15) is 9.59 Å². The third-order valence-corrected chi connectivity index (χ3v) is 2.19. The minimum atomic E-state index is -0.178. The van der Waals surface area contributed by atoms with Gasteiger partial charge in [0.2, 0.25) is 0 Å². The average Bonchev–Trinajstić information content (AvgIpc) is 2.41. The average molecular weight is 264 g/mol. The van der Waals surface area contributed by atoms with Gasteiger partial charge in [-0.2, -0.15) is 0 Å². The number of benzene rings is 1. The maximum atomic E-state index is 11.5. The molecule has 69 valence electrons. The Kier molecular flexibility index (Phi) is 3.56. The summed E-state index contributed by atoms with van der Waals surface area (Å²) in [6.45, 7) is 2.23. The van der Waals surface area contributed by atoms with Crippen LogP contribution in [0.2, 0.25) is 0 Å². The molecule has 1 aromatic carbocycles. The van der Waals surface area contributed by atoms with Crippen molar-refractivity contribution in [2.24, 2.45) is 0 Å². The number of amides is 2. The first-order valence-corrected chi connectivity index (χ1v) is 4.21. The molecule has 0 bridgehead atoms. The SMILES string of the molecule is CCN1C(=O)c2ccccc2C1=O.[Y]. The van der Waals surface area contributed by atoms with Crippen LogP contribution >= 0.6 is 0 Å². The molecule has 0 aliphatic carbocycles. The van der Waals surface area contributed by atoms with Crippen LogP contribution in [0.5, 0.6) is 0 Å². The van der Waals surface area contributed by atoms with Gasteiger partial charge in [-0.25, -0.2) is 0 Å². The Morgan fingerprint density at radius 3 is 1.86 bits per heavy atom. The van der Waals surface area contributed by atoms with E-state index in [4.69, 9.17) is 0 Å². The third kappa shape index (κ3) is 1.55. The van der Waals surface area contributed by atoms with E-state index in [1.54, 1.807) is 31.2 Å². The van der Waals surface area contributed by atoms with E-state index < -0.39 is 0 Å². The minimum Gasteiger partial charge on any atom is -0.275 e. The van der Waals surface area contributed by atoms with E-state index >= 15 is 0 Å². The first kappa shape index (κ1) is 11.5. The number of fused-ring (bicyclic) bond motifs is 1. The molecule has 0 atom stereocenters. The smallest absolute Gasteiger partial charge is 0.261 e. The molecule has 0 saturated heterocycles. The standard InChI is InChI=1S/C10H9NO2.Y/c1-2-11-9(12)7-5-3-4-6-8(7)10(11)13;/h3-6H,2H2,1H3;. The van der Waals surface area contributed by atoms with Crippen LogP contribution in [-0.4, -0.2) is 23.3 Å². The molecule has 1 aliphatic rings. The molecule has 0 saturated carbocycles. The fourth-order valence-corrected chi connectivity index (χ4v) is 1.53. The summed E-state index contributed by atoms with van der Waals surface area (Å²) in [6.07, 6.45) is 0. The van der Waals surface area contributed by atoms with E-state index in [1.807, 2.05) is 0 Å². The Morgan fingerprint density at radius 2 is 1.50 bits per heavy atom. The molecule has 0 N–H and O–H groups in total. The summed E-state index contributed by atoms with van der Waals surface area (Å²) in [5.74, 6) is -0.355. The van der Waals surface area contributed by atoms with Crippen molar-refractivity contribution in [2.45, 2.75) is 6.92 Å². The van der Waals surface area contributed by atoms with Crippen molar-refractivity contribution in [1.82, 2.24) is 4.90 Å². The number of carbonyl (C=O) groups excluding carboxylic acids is 2. The van der Waals surface area contributed by atoms with Crippen molar-refractivity contribution >= 4 is 11.8 Å². The summed E-state index contributed by atoms with van der Waals surface area (Å²) in [5.41, 5.74) is 1.05. The van der Waals surface area contributed by atoms with Crippen LogP contribution in [0.15, 0.2) is 24.3 Å². The molecular formula is C10H9NO2Y. The topological polar surface area (TPSA) is 37.4 Å². The Morgan fingerprint density at radius 1 is 1.07 bits per heavy atom. The molecule has 4 heteroatoms. The van der Waals surface area contributed by atoms with Crippen molar-refractivity contribution in [2.75, 3.05) is 6.54 Å². The van der Waals surface area contributed by atoms with Crippen molar-refractivity contribution in [1.29, 1.82) is 0 Å². The van der Waals surface area contributed by atoms with E-state index in [-0.39, 0.29) is 44.5 Å². The number of rotatable bonds is 1. The van der Waals surface area contributed by atoms with Crippen molar-refractivity contribution in [3.8, 4) is 0 Å². The molecule has 1 radical (unpaired) electrons. The molecule has 2 amide bonds. The number of nitrogens with zero attached hydrogens (tertiary/aromatic N) is 1. The second-order valence-corrected chi connectivity index (χ2v) is 2.90. The molecule has 0 spiro atoms. The van der Waals surface area contributed by atoms with E-state index in [0.717, 1.165) is 0 Å². The first-order chi connectivity index (χ1) is 6.25. The summed E-state index contributed by atoms with van der Waals surface area (Å²) < 4.78 is 0. The van der Waals surface area contributed by atoms with Gasteiger partial charge >= 0.3 is 0 Å². The second-order valence-electron chi connectivity index (χ2n) is 2.90. The van der Waals surface area contributed by atoms with Gasteiger partial charge in [0.05, 0.1) is 11.1 Å². The zero-order valence-electron chi connectivity index (χ0n) is 7.86. The number of imide groups is 1. The predicted molar refractivity (Wildman–Crippen MR) is 47.5 cm³/mol. The maximum absolute atomic E-state index is 11.5. The zero-order valence-corrected chi connectivity index (χ0v) is 10.7. The molecular weight excluding hydrogens is 255 g/mol. The van der Waals surface area contributed by atoms with Gasteiger partial charge in [0.25, 0.3) is 11.8 Å². The fraction of sp³-hybridized carbons (Fsp3) is 0.200. The largest absolute Gasteiger partial charge is 0.275 e. The van der Waals surface area contributed by atoms with Crippen LogP contribution in [0.3, 0.4) is 0 Å². The molecule has 1 aliphatic heterocycles. The van der Waals surface area contributed by atoms with Crippen LogP contribution < -0.4 is 0 Å². The summed E-state index contributed by atoms with van der Waals surface area (Å²) in [6, 6.07) is 6.91. The minimum absolute atomic E-state index is 0. The van der Waals surface area contributed by atoms with Crippen LogP contribution in [-0.2, 0) is 32.7 Å². The number of carbonyl (C=O) groups is 2. The molecule has 2 rings (SSSR count). The molecule has 3 nitrogen and oxygen atoms in total. The molecule has 0 unspecified atom stereocenters. The maximum Gasteiger partial charge on any atom is 0.261 e. The molecule has 1 aromatic rings. The van der Waals surface area contributed by atoms with Crippen molar-refractivity contribution in [3.05, 3.63) is 35.4 Å². The Balaban J connectivity index is 0.000000980. The number of hydrogen-bond donors (Lipinski definition) is 0. The number of hydrogen-bond acceptors (Lipinski definition) is 2. The fourth-order valence-electron chi connectivity index (χ4n) is 1.53. The third-order valence-electron chi connectivity index (χ3n) is 2.19. The Bertz CT molecular complexity index is 354. The normalized spacial score (nSPS) is 13.9. The molecule has 14 heavy (non-hydrogen) atoms. The van der Waals surface area contributed by atoms with Gasteiger partial charge in [-0.05, 0) is 19.1 Å². The van der Waals surface area contributed by atoms with Gasteiger partial charge in [0.15, 0.2) is 0 Å². The van der Waals surface area contributed by atoms with Crippen molar-refractivity contribution < 1.29 is 42.3 Å². The van der Waals surface area contributed by atoms with Gasteiger partial charge in [-0.15, -0.1) is 0 Å². The Labute approximate surface area is 107 Å². The van der Waals surface area contributed by atoms with E-state index in [0.29, 0.717) is 17.7 Å². The quantitative estimate of drug-likeness (QED) is 0.717. The van der Waals surface area contributed by atoms with Gasteiger partial charge in [0, 0.05) is 39.3 Å². The summed E-state index contributed by atoms with van der Waals surface area (Å²) >= 11 is 0. The summed E-state index contributed by atoms with van der Waals surface area (Å²) in [7, 11) is 0. The molecule has 0 aromatic heterocycles. The van der Waals surface area contributed by atoms with Crippen molar-refractivity contribution in [3.63, 3.8) is 0 Å². The van der Waals surface area contributed by atoms with Crippen LogP contribution in [0.25, 0.3) is 0 Å². The van der Waals surface area contributed by atoms with Gasteiger partial charge in [0.1, 0.15) is 0 Å². The monoisotopic (exact) mass is 264 g/mol. The van der Waals surface area contributed by atoms with Crippen LogP contribution in [0.4, 0.5) is 0 Å². The van der Waals surface area contributed by atoms with Gasteiger partial charge in [-0.1, -0.05) is 12.1 Å². The van der Waals surface area contributed by atoms with E-state index in [2.05, 4.69) is 0 Å². The zero-order chi connectivity index (χ0) is 9.42. The predicted octanol–water partition coefficient (Wildman–Crippen LogP) is 1.30. The first-order valence-electron chi connectivity index (χ1n) is 4.21. The summed E-state index contributed by atoms with van der Waals surface area (Å²) in [5, 5.41) is 0. The molecule has 0 fully saturated rings. The summed E-state index contributed by atoms with van der Waals surface area (Å²) in [4.78, 5) is 24.3. The Hall–Kier alpha value is -0.536. The van der Waals surface area contributed by atoms with Crippen LogP contribution in [0.1, 0.15) is 27.6 Å².